The molecule has 0 aliphatic heterocycles. The predicted molar refractivity (Wildman–Crippen MR) is 75.2 cm³/mol. The van der Waals surface area contributed by atoms with E-state index in [1.165, 1.54) is 12.1 Å². The Hall–Kier alpha value is -1.95. The number of benzene rings is 2. The molecule has 0 atom stereocenters. The lowest BCUT2D eigenvalue weighted by molar-refractivity contribution is -0.0493. The molecular weight excluding hydrogens is 332 g/mol. The van der Waals surface area contributed by atoms with Crippen LogP contribution < -0.4 is 10.1 Å². The number of carbonyl (C=O) groups excluding carboxylic acids is 1. The molecule has 1 N–H and O–H groups in total. The summed E-state index contributed by atoms with van der Waals surface area (Å²) in [6.45, 7) is -2.95. The van der Waals surface area contributed by atoms with E-state index in [4.69, 9.17) is 0 Å². The van der Waals surface area contributed by atoms with Crippen LogP contribution in [0.25, 0.3) is 0 Å². The van der Waals surface area contributed by atoms with Gasteiger partial charge in [0.2, 0.25) is 0 Å². The van der Waals surface area contributed by atoms with E-state index in [2.05, 4.69) is 26.0 Å². The summed E-state index contributed by atoms with van der Waals surface area (Å²) in [7, 11) is 0. The molecule has 0 saturated heterocycles. The second-order valence-electron chi connectivity index (χ2n) is 3.84. The molecule has 6 heteroatoms. The molecule has 0 heterocycles. The molecule has 0 aromatic heterocycles. The Morgan fingerprint density at radius 2 is 1.90 bits per heavy atom. The van der Waals surface area contributed by atoms with E-state index in [0.717, 1.165) is 4.47 Å². The number of nitrogens with one attached hydrogen (secondary N) is 1. The van der Waals surface area contributed by atoms with Crippen LogP contribution in [0, 0.1) is 0 Å². The predicted octanol–water partition coefficient (Wildman–Crippen LogP) is 4.30. The summed E-state index contributed by atoms with van der Waals surface area (Å²) in [6, 6.07) is 12.8. The number of hydrogen-bond donors (Lipinski definition) is 1. The molecule has 0 fully saturated rings. The van der Waals surface area contributed by atoms with Gasteiger partial charge < -0.3 is 10.1 Å². The summed E-state index contributed by atoms with van der Waals surface area (Å²) < 4.78 is 29.6. The zero-order valence-electron chi connectivity index (χ0n) is 10.1. The lowest BCUT2D eigenvalue weighted by Gasteiger charge is -2.11. The van der Waals surface area contributed by atoms with Crippen molar-refractivity contribution in [2.45, 2.75) is 6.61 Å². The van der Waals surface area contributed by atoms with Crippen molar-refractivity contribution in [3.63, 3.8) is 0 Å². The molecule has 0 bridgehead atoms. The average Bonchev–Trinajstić information content (AvgIpc) is 2.40. The number of halogens is 3. The Morgan fingerprint density at radius 1 is 1.15 bits per heavy atom. The Kier molecular flexibility index (Phi) is 4.68. The average molecular weight is 342 g/mol. The first-order valence-electron chi connectivity index (χ1n) is 5.67. The third-order valence-corrected chi connectivity index (χ3v) is 2.93. The standard InChI is InChI=1S/C14H10BrF2NO2/c15-10-5-3-4-9(8-10)13(19)18-11-6-1-2-7-12(11)20-14(16)17/h1-8,14H,(H,18,19). The largest absolute Gasteiger partial charge is 0.433 e. The topological polar surface area (TPSA) is 38.3 Å². The van der Waals surface area contributed by atoms with Crippen LogP contribution in [0.15, 0.2) is 53.0 Å². The lowest BCUT2D eigenvalue weighted by Crippen LogP contribution is -2.13. The van der Waals surface area contributed by atoms with Crippen molar-refractivity contribution in [1.82, 2.24) is 0 Å². The SMILES string of the molecule is O=C(Nc1ccccc1OC(F)F)c1cccc(Br)c1. The van der Waals surface area contributed by atoms with Gasteiger partial charge in [-0.15, -0.1) is 0 Å². The molecular formula is C14H10BrF2NO2. The van der Waals surface area contributed by atoms with Gasteiger partial charge in [-0.05, 0) is 30.3 Å². The van der Waals surface area contributed by atoms with Crippen molar-refractivity contribution in [3.05, 3.63) is 58.6 Å². The van der Waals surface area contributed by atoms with Crippen molar-refractivity contribution >= 4 is 27.5 Å². The first-order chi connectivity index (χ1) is 9.56. The summed E-state index contributed by atoms with van der Waals surface area (Å²) in [5.41, 5.74) is 0.601. The highest BCUT2D eigenvalue weighted by atomic mass is 79.9. The molecule has 20 heavy (non-hydrogen) atoms. The zero-order chi connectivity index (χ0) is 14.5. The molecule has 0 radical (unpaired) electrons. The summed E-state index contributed by atoms with van der Waals surface area (Å²) in [4.78, 5) is 12.0. The normalized spacial score (nSPS) is 10.4. The molecule has 2 aromatic rings. The number of amides is 1. The summed E-state index contributed by atoms with van der Waals surface area (Å²) in [5.74, 6) is -0.484. The smallest absolute Gasteiger partial charge is 0.387 e. The third kappa shape index (κ3) is 3.77. The van der Waals surface area contributed by atoms with Crippen molar-refractivity contribution in [2.75, 3.05) is 5.32 Å². The number of carbonyl (C=O) groups is 1. The van der Waals surface area contributed by atoms with Gasteiger partial charge in [-0.1, -0.05) is 34.1 Å². The van der Waals surface area contributed by atoms with E-state index in [1.54, 1.807) is 36.4 Å². The molecule has 0 spiro atoms. The Morgan fingerprint density at radius 3 is 2.60 bits per heavy atom. The number of ether oxygens (including phenoxy) is 1. The van der Waals surface area contributed by atoms with Gasteiger partial charge in [-0.2, -0.15) is 8.78 Å². The highest BCUT2D eigenvalue weighted by Crippen LogP contribution is 2.26. The van der Waals surface area contributed by atoms with E-state index >= 15 is 0 Å². The van der Waals surface area contributed by atoms with Crippen molar-refractivity contribution in [2.24, 2.45) is 0 Å². The van der Waals surface area contributed by atoms with Crippen LogP contribution in [-0.4, -0.2) is 12.5 Å². The van der Waals surface area contributed by atoms with Gasteiger partial charge in [0.1, 0.15) is 5.75 Å². The van der Waals surface area contributed by atoms with Gasteiger partial charge in [0.15, 0.2) is 0 Å². The number of hydrogen-bond acceptors (Lipinski definition) is 2. The Labute approximate surface area is 122 Å². The second-order valence-corrected chi connectivity index (χ2v) is 4.75. The van der Waals surface area contributed by atoms with Crippen LogP contribution in [0.1, 0.15) is 10.4 Å². The van der Waals surface area contributed by atoms with E-state index in [1.807, 2.05) is 0 Å². The Bertz CT molecular complexity index is 620. The highest BCUT2D eigenvalue weighted by Gasteiger charge is 2.12. The van der Waals surface area contributed by atoms with Gasteiger partial charge in [0.25, 0.3) is 5.91 Å². The number of rotatable bonds is 4. The molecule has 1 amide bonds. The van der Waals surface area contributed by atoms with E-state index < -0.39 is 12.5 Å². The van der Waals surface area contributed by atoms with Gasteiger partial charge in [0, 0.05) is 10.0 Å². The maximum Gasteiger partial charge on any atom is 0.387 e. The van der Waals surface area contributed by atoms with E-state index in [-0.39, 0.29) is 11.4 Å². The minimum absolute atomic E-state index is 0.0779. The first kappa shape index (κ1) is 14.5. The van der Waals surface area contributed by atoms with Crippen molar-refractivity contribution in [3.8, 4) is 5.75 Å². The van der Waals surface area contributed by atoms with E-state index in [0.29, 0.717) is 5.56 Å². The second kappa shape index (κ2) is 6.47. The van der Waals surface area contributed by atoms with Gasteiger partial charge in [0.05, 0.1) is 5.69 Å². The highest BCUT2D eigenvalue weighted by molar-refractivity contribution is 9.10. The minimum atomic E-state index is -2.95. The summed E-state index contributed by atoms with van der Waals surface area (Å²) in [6.07, 6.45) is 0. The molecule has 0 unspecified atom stereocenters. The minimum Gasteiger partial charge on any atom is -0.433 e. The monoisotopic (exact) mass is 341 g/mol. The fourth-order valence-electron chi connectivity index (χ4n) is 1.59. The Balaban J connectivity index is 2.19. The van der Waals surface area contributed by atoms with Crippen LogP contribution in [0.5, 0.6) is 5.75 Å². The van der Waals surface area contributed by atoms with Crippen LogP contribution >= 0.6 is 15.9 Å². The maximum absolute atomic E-state index is 12.3. The quantitative estimate of drug-likeness (QED) is 0.900. The number of alkyl halides is 2. The van der Waals surface area contributed by atoms with Crippen LogP contribution in [0.4, 0.5) is 14.5 Å². The number of anilines is 1. The summed E-state index contributed by atoms with van der Waals surface area (Å²) >= 11 is 3.26. The van der Waals surface area contributed by atoms with Crippen LogP contribution in [0.2, 0.25) is 0 Å². The van der Waals surface area contributed by atoms with E-state index in [9.17, 15) is 13.6 Å². The third-order valence-electron chi connectivity index (χ3n) is 2.44. The zero-order valence-corrected chi connectivity index (χ0v) is 11.7. The molecule has 2 aromatic carbocycles. The molecule has 104 valence electrons. The van der Waals surface area contributed by atoms with Crippen molar-refractivity contribution < 1.29 is 18.3 Å². The molecule has 0 saturated carbocycles. The lowest BCUT2D eigenvalue weighted by atomic mass is 10.2. The molecule has 3 nitrogen and oxygen atoms in total. The van der Waals surface area contributed by atoms with Gasteiger partial charge in [-0.3, -0.25) is 4.79 Å². The molecule has 0 aliphatic carbocycles. The van der Waals surface area contributed by atoms with Crippen LogP contribution in [0.3, 0.4) is 0 Å². The maximum atomic E-state index is 12.3. The van der Waals surface area contributed by atoms with Crippen LogP contribution in [-0.2, 0) is 0 Å². The fourth-order valence-corrected chi connectivity index (χ4v) is 1.99. The summed E-state index contributed by atoms with van der Waals surface area (Å²) in [5, 5.41) is 2.54. The molecule has 0 aliphatic rings. The van der Waals surface area contributed by atoms with Crippen molar-refractivity contribution in [1.29, 1.82) is 0 Å². The first-order valence-corrected chi connectivity index (χ1v) is 6.46. The van der Waals surface area contributed by atoms with Gasteiger partial charge >= 0.3 is 6.61 Å². The fraction of sp³-hybridized carbons (Fsp3) is 0.0714. The van der Waals surface area contributed by atoms with Gasteiger partial charge in [-0.25, -0.2) is 0 Å². The molecule has 2 rings (SSSR count). The number of para-hydroxylation sites is 2.